The van der Waals surface area contributed by atoms with E-state index in [0.717, 1.165) is 21.5 Å². The van der Waals surface area contributed by atoms with Gasteiger partial charge in [-0.25, -0.2) is 4.68 Å². The van der Waals surface area contributed by atoms with Gasteiger partial charge in [0.2, 0.25) is 0 Å². The van der Waals surface area contributed by atoms with E-state index in [4.69, 9.17) is 4.74 Å². The molecule has 7 heteroatoms. The van der Waals surface area contributed by atoms with Crippen molar-refractivity contribution < 1.29 is 4.74 Å². The van der Waals surface area contributed by atoms with Crippen LogP contribution in [0.15, 0.2) is 47.3 Å². The largest absolute Gasteiger partial charge is 0.486 e. The van der Waals surface area contributed by atoms with Gasteiger partial charge in [0, 0.05) is 18.8 Å². The molecule has 0 unspecified atom stereocenters. The average molecular weight is 348 g/mol. The van der Waals surface area contributed by atoms with E-state index in [-0.39, 0.29) is 0 Å². The van der Waals surface area contributed by atoms with Gasteiger partial charge in [-0.3, -0.25) is 4.68 Å². The van der Waals surface area contributed by atoms with Gasteiger partial charge in [0.1, 0.15) is 18.1 Å². The molecular formula is C14H14BrN5O. The standard InChI is InChI=1S/C14H14BrN5O/c1-19-7-11(6-16-19)8-20-9-12(17-18-20)10-21-14-5-3-2-4-13(14)15/h2-7,9H,8,10H2,1H3. The van der Waals surface area contributed by atoms with Gasteiger partial charge in [-0.15, -0.1) is 5.10 Å². The van der Waals surface area contributed by atoms with E-state index in [1.54, 1.807) is 9.36 Å². The third kappa shape index (κ3) is 3.49. The maximum absolute atomic E-state index is 5.71. The second-order valence-electron chi connectivity index (χ2n) is 4.65. The molecule has 3 rings (SSSR count). The van der Waals surface area contributed by atoms with Crippen molar-refractivity contribution in [2.24, 2.45) is 7.05 Å². The Bertz CT molecular complexity index is 736. The Morgan fingerprint density at radius 1 is 1.24 bits per heavy atom. The van der Waals surface area contributed by atoms with Crippen molar-refractivity contribution in [2.45, 2.75) is 13.2 Å². The Balaban J connectivity index is 1.61. The average Bonchev–Trinajstić information content (AvgIpc) is 3.08. The quantitative estimate of drug-likeness (QED) is 0.711. The Morgan fingerprint density at radius 3 is 2.86 bits per heavy atom. The smallest absolute Gasteiger partial charge is 0.134 e. The van der Waals surface area contributed by atoms with Crippen LogP contribution in [0, 0.1) is 0 Å². The number of rotatable bonds is 5. The molecule has 2 aromatic heterocycles. The van der Waals surface area contributed by atoms with Crippen molar-refractivity contribution in [1.82, 2.24) is 24.8 Å². The minimum absolute atomic E-state index is 0.385. The molecule has 0 aliphatic heterocycles. The van der Waals surface area contributed by atoms with Gasteiger partial charge in [0.05, 0.1) is 23.4 Å². The van der Waals surface area contributed by atoms with Crippen molar-refractivity contribution in [1.29, 1.82) is 0 Å². The molecule has 0 spiro atoms. The molecule has 108 valence electrons. The van der Waals surface area contributed by atoms with Crippen molar-refractivity contribution in [3.05, 3.63) is 58.6 Å². The number of nitrogens with zero attached hydrogens (tertiary/aromatic N) is 5. The summed E-state index contributed by atoms with van der Waals surface area (Å²) in [6, 6.07) is 7.72. The van der Waals surface area contributed by atoms with Crippen LogP contribution in [0.4, 0.5) is 0 Å². The fraction of sp³-hybridized carbons (Fsp3) is 0.214. The molecule has 2 heterocycles. The summed E-state index contributed by atoms with van der Waals surface area (Å²) >= 11 is 3.45. The van der Waals surface area contributed by atoms with Gasteiger partial charge in [-0.05, 0) is 28.1 Å². The number of aryl methyl sites for hydroxylation is 1. The van der Waals surface area contributed by atoms with E-state index in [1.165, 1.54) is 0 Å². The molecular weight excluding hydrogens is 334 g/mol. The van der Waals surface area contributed by atoms with Crippen molar-refractivity contribution in [3.63, 3.8) is 0 Å². The number of aromatic nitrogens is 5. The van der Waals surface area contributed by atoms with Crippen LogP contribution < -0.4 is 4.74 Å². The lowest BCUT2D eigenvalue weighted by molar-refractivity contribution is 0.299. The van der Waals surface area contributed by atoms with Gasteiger partial charge in [-0.1, -0.05) is 17.3 Å². The van der Waals surface area contributed by atoms with Crippen LogP contribution in [-0.2, 0) is 20.2 Å². The highest BCUT2D eigenvalue weighted by molar-refractivity contribution is 9.10. The summed E-state index contributed by atoms with van der Waals surface area (Å²) in [6.45, 7) is 1.03. The minimum Gasteiger partial charge on any atom is -0.486 e. The molecule has 0 saturated carbocycles. The molecule has 0 aliphatic carbocycles. The number of benzene rings is 1. The van der Waals surface area contributed by atoms with Gasteiger partial charge >= 0.3 is 0 Å². The molecule has 0 bridgehead atoms. The summed E-state index contributed by atoms with van der Waals surface area (Å²) < 4.78 is 10.2. The minimum atomic E-state index is 0.385. The SMILES string of the molecule is Cn1cc(Cn2cc(COc3ccccc3Br)nn2)cn1. The maximum atomic E-state index is 5.71. The van der Waals surface area contributed by atoms with E-state index < -0.39 is 0 Å². The summed E-state index contributed by atoms with van der Waals surface area (Å²) in [5.74, 6) is 0.791. The van der Waals surface area contributed by atoms with Gasteiger partial charge in [0.25, 0.3) is 0 Å². The van der Waals surface area contributed by atoms with Crippen molar-refractivity contribution in [3.8, 4) is 5.75 Å². The Hall–Kier alpha value is -2.15. The monoisotopic (exact) mass is 347 g/mol. The third-order valence-electron chi connectivity index (χ3n) is 2.90. The highest BCUT2D eigenvalue weighted by Crippen LogP contribution is 2.24. The second-order valence-corrected chi connectivity index (χ2v) is 5.50. The fourth-order valence-electron chi connectivity index (χ4n) is 1.94. The topological polar surface area (TPSA) is 57.8 Å². The zero-order chi connectivity index (χ0) is 14.7. The van der Waals surface area contributed by atoms with E-state index >= 15 is 0 Å². The molecule has 0 radical (unpaired) electrons. The fourth-order valence-corrected chi connectivity index (χ4v) is 2.34. The molecule has 0 atom stereocenters. The highest BCUT2D eigenvalue weighted by Gasteiger charge is 2.05. The first-order valence-electron chi connectivity index (χ1n) is 6.44. The lowest BCUT2D eigenvalue weighted by Gasteiger charge is -2.05. The van der Waals surface area contributed by atoms with Crippen molar-refractivity contribution >= 4 is 15.9 Å². The first kappa shape index (κ1) is 13.8. The number of hydrogen-bond acceptors (Lipinski definition) is 4. The van der Waals surface area contributed by atoms with Crippen LogP contribution in [0.1, 0.15) is 11.3 Å². The van der Waals surface area contributed by atoms with E-state index in [0.29, 0.717) is 13.2 Å². The predicted molar refractivity (Wildman–Crippen MR) is 80.8 cm³/mol. The molecule has 0 aliphatic rings. The molecule has 21 heavy (non-hydrogen) atoms. The Morgan fingerprint density at radius 2 is 2.10 bits per heavy atom. The number of ether oxygens (including phenoxy) is 1. The van der Waals surface area contributed by atoms with Crippen LogP contribution in [0.2, 0.25) is 0 Å². The summed E-state index contributed by atoms with van der Waals surface area (Å²) in [5, 5.41) is 12.3. The van der Waals surface area contributed by atoms with Crippen LogP contribution in [0.5, 0.6) is 5.75 Å². The zero-order valence-electron chi connectivity index (χ0n) is 11.5. The van der Waals surface area contributed by atoms with E-state index in [2.05, 4.69) is 31.3 Å². The molecule has 0 N–H and O–H groups in total. The summed E-state index contributed by atoms with van der Waals surface area (Å²) in [5.41, 5.74) is 1.87. The summed E-state index contributed by atoms with van der Waals surface area (Å²) in [4.78, 5) is 0. The van der Waals surface area contributed by atoms with Gasteiger partial charge in [-0.2, -0.15) is 5.10 Å². The number of para-hydroxylation sites is 1. The Kier molecular flexibility index (Phi) is 4.01. The lowest BCUT2D eigenvalue weighted by Crippen LogP contribution is -1.99. The van der Waals surface area contributed by atoms with Crippen LogP contribution in [-0.4, -0.2) is 24.8 Å². The summed E-state index contributed by atoms with van der Waals surface area (Å²) in [7, 11) is 1.89. The summed E-state index contributed by atoms with van der Waals surface area (Å²) in [6.07, 6.45) is 5.65. The van der Waals surface area contributed by atoms with Crippen LogP contribution >= 0.6 is 15.9 Å². The van der Waals surface area contributed by atoms with E-state index in [1.807, 2.05) is 49.9 Å². The number of hydrogen-bond donors (Lipinski definition) is 0. The maximum Gasteiger partial charge on any atom is 0.134 e. The van der Waals surface area contributed by atoms with Gasteiger partial charge in [0.15, 0.2) is 0 Å². The molecule has 0 amide bonds. The lowest BCUT2D eigenvalue weighted by atomic mass is 10.3. The van der Waals surface area contributed by atoms with Crippen LogP contribution in [0.25, 0.3) is 0 Å². The predicted octanol–water partition coefficient (Wildman–Crippen LogP) is 2.40. The molecule has 0 saturated heterocycles. The van der Waals surface area contributed by atoms with Crippen molar-refractivity contribution in [2.75, 3.05) is 0 Å². The highest BCUT2D eigenvalue weighted by atomic mass is 79.9. The first-order chi connectivity index (χ1) is 10.2. The van der Waals surface area contributed by atoms with E-state index in [9.17, 15) is 0 Å². The Labute approximate surface area is 130 Å². The normalized spacial score (nSPS) is 10.8. The second kappa shape index (κ2) is 6.09. The molecule has 1 aromatic carbocycles. The third-order valence-corrected chi connectivity index (χ3v) is 3.56. The molecule has 0 fully saturated rings. The molecule has 6 nitrogen and oxygen atoms in total. The van der Waals surface area contributed by atoms with Crippen LogP contribution in [0.3, 0.4) is 0 Å². The van der Waals surface area contributed by atoms with Gasteiger partial charge < -0.3 is 4.74 Å². The first-order valence-corrected chi connectivity index (χ1v) is 7.24. The zero-order valence-corrected chi connectivity index (χ0v) is 13.1. The number of halogens is 1. The molecule has 3 aromatic rings.